The number of nitrogens with one attached hydrogen (secondary N) is 2. The summed E-state index contributed by atoms with van der Waals surface area (Å²) in [6.45, 7) is 3.26. The van der Waals surface area contributed by atoms with Gasteiger partial charge < -0.3 is 9.47 Å². The van der Waals surface area contributed by atoms with Crippen molar-refractivity contribution in [2.45, 2.75) is 20.0 Å². The van der Waals surface area contributed by atoms with Crippen molar-refractivity contribution in [3.05, 3.63) is 59.1 Å². The van der Waals surface area contributed by atoms with Gasteiger partial charge in [0.1, 0.15) is 11.5 Å². The summed E-state index contributed by atoms with van der Waals surface area (Å²) in [6, 6.07) is 14.1. The van der Waals surface area contributed by atoms with E-state index in [0.29, 0.717) is 16.5 Å². The van der Waals surface area contributed by atoms with Gasteiger partial charge in [-0.25, -0.2) is 0 Å². The van der Waals surface area contributed by atoms with Gasteiger partial charge in [-0.3, -0.25) is 20.4 Å². The number of aryl methyl sites for hydroxylation is 1. The van der Waals surface area contributed by atoms with Gasteiger partial charge in [-0.15, -0.1) is 0 Å². The Morgan fingerprint density at radius 3 is 2.60 bits per heavy atom. The number of carbonyl (C=O) groups excluding carboxylic acids is 2. The van der Waals surface area contributed by atoms with Gasteiger partial charge in [-0.1, -0.05) is 35.9 Å². The lowest BCUT2D eigenvalue weighted by Gasteiger charge is -2.16. The smallest absolute Gasteiger partial charge is 0.279 e. The number of para-hydroxylation sites is 1. The van der Waals surface area contributed by atoms with E-state index in [1.807, 2.05) is 25.1 Å². The fourth-order valence-corrected chi connectivity index (χ4v) is 2.09. The zero-order valence-electron chi connectivity index (χ0n) is 13.9. The predicted octanol–water partition coefficient (Wildman–Crippen LogP) is 2.64. The molecular weight excluding hydrogens is 344 g/mol. The largest absolute Gasteiger partial charge is 0.484 e. The van der Waals surface area contributed by atoms with Gasteiger partial charge in [0.25, 0.3) is 11.8 Å². The molecule has 0 aliphatic rings. The van der Waals surface area contributed by atoms with E-state index in [0.717, 1.165) is 5.56 Å². The maximum Gasteiger partial charge on any atom is 0.279 e. The van der Waals surface area contributed by atoms with Crippen LogP contribution in [0.15, 0.2) is 48.5 Å². The van der Waals surface area contributed by atoms with Crippen molar-refractivity contribution in [1.82, 2.24) is 10.9 Å². The van der Waals surface area contributed by atoms with Crippen LogP contribution in [0.4, 0.5) is 0 Å². The van der Waals surface area contributed by atoms with Crippen molar-refractivity contribution in [3.8, 4) is 11.5 Å². The minimum atomic E-state index is -0.835. The molecule has 2 aromatic rings. The van der Waals surface area contributed by atoms with Gasteiger partial charge in [-0.05, 0) is 43.7 Å². The van der Waals surface area contributed by atoms with Crippen molar-refractivity contribution < 1.29 is 19.1 Å². The molecule has 2 N–H and O–H groups in total. The monoisotopic (exact) mass is 362 g/mol. The lowest BCUT2D eigenvalue weighted by atomic mass is 10.2. The van der Waals surface area contributed by atoms with Crippen LogP contribution in [0.1, 0.15) is 12.5 Å². The number of rotatable bonds is 6. The summed E-state index contributed by atoms with van der Waals surface area (Å²) in [5, 5.41) is 0.401. The number of amides is 2. The van der Waals surface area contributed by atoms with E-state index in [2.05, 4.69) is 10.9 Å². The quantitative estimate of drug-likeness (QED) is 0.774. The van der Waals surface area contributed by atoms with Crippen molar-refractivity contribution in [2.75, 3.05) is 6.61 Å². The molecule has 0 spiro atoms. The Labute approximate surface area is 151 Å². The van der Waals surface area contributed by atoms with Gasteiger partial charge in [0, 0.05) is 0 Å². The summed E-state index contributed by atoms with van der Waals surface area (Å²) < 4.78 is 10.8. The second-order valence-electron chi connectivity index (χ2n) is 5.33. The lowest BCUT2D eigenvalue weighted by Crippen LogP contribution is -2.48. The molecule has 1 unspecified atom stereocenters. The molecule has 0 aliphatic carbocycles. The summed E-state index contributed by atoms with van der Waals surface area (Å²) in [4.78, 5) is 23.7. The molecule has 2 rings (SSSR count). The lowest BCUT2D eigenvalue weighted by molar-refractivity contribution is -0.133. The highest BCUT2D eigenvalue weighted by Crippen LogP contribution is 2.24. The maximum atomic E-state index is 11.9. The second-order valence-corrected chi connectivity index (χ2v) is 5.74. The molecule has 2 aromatic carbocycles. The summed E-state index contributed by atoms with van der Waals surface area (Å²) in [7, 11) is 0. The van der Waals surface area contributed by atoms with Crippen molar-refractivity contribution in [3.63, 3.8) is 0 Å². The highest BCUT2D eigenvalue weighted by Gasteiger charge is 2.16. The molecule has 25 heavy (non-hydrogen) atoms. The van der Waals surface area contributed by atoms with E-state index in [1.54, 1.807) is 37.3 Å². The molecule has 0 bridgehead atoms. The van der Waals surface area contributed by atoms with E-state index >= 15 is 0 Å². The average Bonchev–Trinajstić information content (AvgIpc) is 2.59. The first-order valence-corrected chi connectivity index (χ1v) is 8.03. The normalized spacial score (nSPS) is 11.3. The van der Waals surface area contributed by atoms with Crippen LogP contribution in [0.3, 0.4) is 0 Å². The topological polar surface area (TPSA) is 76.7 Å². The summed E-state index contributed by atoms with van der Waals surface area (Å²) in [5.41, 5.74) is 5.58. The van der Waals surface area contributed by atoms with E-state index in [-0.39, 0.29) is 6.61 Å². The standard InChI is InChI=1S/C18H19ClN2O4/c1-12-6-5-7-14(10-12)24-11-17(22)20-21-18(23)13(2)25-16-9-4-3-8-15(16)19/h3-10,13H,11H2,1-2H3,(H,20,22)(H,21,23). The van der Waals surface area contributed by atoms with Gasteiger partial charge in [0.2, 0.25) is 0 Å². The van der Waals surface area contributed by atoms with E-state index in [4.69, 9.17) is 21.1 Å². The van der Waals surface area contributed by atoms with E-state index < -0.39 is 17.9 Å². The van der Waals surface area contributed by atoms with Gasteiger partial charge in [-0.2, -0.15) is 0 Å². The van der Waals surface area contributed by atoms with Crippen molar-refractivity contribution >= 4 is 23.4 Å². The Morgan fingerprint density at radius 2 is 1.88 bits per heavy atom. The molecule has 0 saturated heterocycles. The zero-order valence-corrected chi connectivity index (χ0v) is 14.7. The number of ether oxygens (including phenoxy) is 2. The summed E-state index contributed by atoms with van der Waals surface area (Å²) in [6.07, 6.45) is -0.835. The van der Waals surface area contributed by atoms with Crippen LogP contribution in [-0.4, -0.2) is 24.5 Å². The fourth-order valence-electron chi connectivity index (χ4n) is 1.91. The Hall–Kier alpha value is -2.73. The minimum Gasteiger partial charge on any atom is -0.484 e. The first-order valence-electron chi connectivity index (χ1n) is 7.65. The Balaban J connectivity index is 1.75. The van der Waals surface area contributed by atoms with Crippen LogP contribution in [0.25, 0.3) is 0 Å². The molecule has 7 heteroatoms. The number of carbonyl (C=O) groups is 2. The third-order valence-corrected chi connectivity index (χ3v) is 3.51. The molecule has 132 valence electrons. The summed E-state index contributed by atoms with van der Waals surface area (Å²) >= 11 is 5.97. The summed E-state index contributed by atoms with van der Waals surface area (Å²) in [5.74, 6) is -0.0264. The zero-order chi connectivity index (χ0) is 18.2. The van der Waals surface area contributed by atoms with Crippen molar-refractivity contribution in [2.24, 2.45) is 0 Å². The maximum absolute atomic E-state index is 11.9. The van der Waals surface area contributed by atoms with Gasteiger partial charge in [0.15, 0.2) is 12.7 Å². The number of hydrogen-bond donors (Lipinski definition) is 2. The van der Waals surface area contributed by atoms with Gasteiger partial charge in [0.05, 0.1) is 5.02 Å². The molecule has 6 nitrogen and oxygen atoms in total. The number of benzene rings is 2. The molecule has 2 amide bonds. The number of hydrogen-bond acceptors (Lipinski definition) is 4. The Morgan fingerprint density at radius 1 is 1.12 bits per heavy atom. The number of halogens is 1. The van der Waals surface area contributed by atoms with Crippen LogP contribution in [0.2, 0.25) is 5.02 Å². The third-order valence-electron chi connectivity index (χ3n) is 3.19. The van der Waals surface area contributed by atoms with Crippen LogP contribution >= 0.6 is 11.6 Å². The van der Waals surface area contributed by atoms with E-state index in [9.17, 15) is 9.59 Å². The Bertz CT molecular complexity index is 751. The van der Waals surface area contributed by atoms with Crippen LogP contribution in [0, 0.1) is 6.92 Å². The molecule has 0 aliphatic heterocycles. The van der Waals surface area contributed by atoms with Crippen LogP contribution in [0.5, 0.6) is 11.5 Å². The second kappa shape index (κ2) is 8.94. The Kier molecular flexibility index (Phi) is 6.65. The fraction of sp³-hybridized carbons (Fsp3) is 0.222. The van der Waals surface area contributed by atoms with E-state index in [1.165, 1.54) is 0 Å². The average molecular weight is 363 g/mol. The van der Waals surface area contributed by atoms with Crippen LogP contribution in [-0.2, 0) is 9.59 Å². The predicted molar refractivity (Wildman–Crippen MR) is 94.5 cm³/mol. The SMILES string of the molecule is Cc1cccc(OCC(=O)NNC(=O)C(C)Oc2ccccc2Cl)c1. The molecule has 1 atom stereocenters. The molecule has 0 heterocycles. The highest BCUT2D eigenvalue weighted by molar-refractivity contribution is 6.32. The first kappa shape index (κ1) is 18.6. The molecule has 0 aromatic heterocycles. The molecular formula is C18H19ClN2O4. The molecule has 0 radical (unpaired) electrons. The first-order chi connectivity index (χ1) is 12.0. The molecule has 0 fully saturated rings. The minimum absolute atomic E-state index is 0.219. The van der Waals surface area contributed by atoms with Crippen molar-refractivity contribution in [1.29, 1.82) is 0 Å². The third kappa shape index (κ3) is 6.00. The number of hydrazine groups is 1. The van der Waals surface area contributed by atoms with Gasteiger partial charge >= 0.3 is 0 Å². The highest BCUT2D eigenvalue weighted by atomic mass is 35.5. The molecule has 0 saturated carbocycles. The van der Waals surface area contributed by atoms with Crippen LogP contribution < -0.4 is 20.3 Å².